The van der Waals surface area contributed by atoms with E-state index in [1.54, 1.807) is 12.4 Å². The maximum Gasteiger partial charge on any atom is 0.103 e. The van der Waals surface area contributed by atoms with Gasteiger partial charge in [0.05, 0.1) is 23.8 Å². The number of aromatic nitrogens is 4. The molecule has 0 unspecified atom stereocenters. The van der Waals surface area contributed by atoms with Crippen molar-refractivity contribution in [3.63, 3.8) is 0 Å². The minimum atomic E-state index is 0.822. The van der Waals surface area contributed by atoms with Crippen molar-refractivity contribution in [3.8, 4) is 0 Å². The Kier molecular flexibility index (Phi) is 7.19. The van der Waals surface area contributed by atoms with E-state index in [9.17, 15) is 0 Å². The molecule has 7 nitrogen and oxygen atoms in total. The van der Waals surface area contributed by atoms with E-state index in [1.165, 1.54) is 0 Å². The van der Waals surface area contributed by atoms with Crippen LogP contribution in [0.2, 0.25) is 0 Å². The van der Waals surface area contributed by atoms with Crippen molar-refractivity contribution in [1.29, 1.82) is 0 Å². The molecule has 0 fully saturated rings. The lowest BCUT2D eigenvalue weighted by atomic mass is 10.4. The predicted molar refractivity (Wildman–Crippen MR) is 93.7 cm³/mol. The molecule has 0 aromatic carbocycles. The summed E-state index contributed by atoms with van der Waals surface area (Å²) < 4.78 is 0. The summed E-state index contributed by atoms with van der Waals surface area (Å²) in [5, 5.41) is 3.40. The van der Waals surface area contributed by atoms with E-state index < -0.39 is 0 Å². The standard InChI is InChI=1S/C16H25N7/c1-13-20-11-15(22-13)9-18-7-3-5-17-6-4-8-19-10-16-12-21-14(2)23-16/h9-12,17H,3-8H2,1-2H3,(H,20,22)(H,21,23). The molecule has 0 radical (unpaired) electrons. The Morgan fingerprint density at radius 2 is 1.39 bits per heavy atom. The highest BCUT2D eigenvalue weighted by Gasteiger charge is 1.92. The predicted octanol–water partition coefficient (Wildman–Crippen LogP) is 1.66. The number of rotatable bonds is 10. The second kappa shape index (κ2) is 9.68. The summed E-state index contributed by atoms with van der Waals surface area (Å²) in [5.41, 5.74) is 1.92. The molecule has 0 amide bonds. The van der Waals surface area contributed by atoms with Crippen LogP contribution in [-0.4, -0.2) is 58.5 Å². The number of imidazole rings is 2. The molecule has 0 spiro atoms. The molecule has 0 atom stereocenters. The SMILES string of the molecule is Cc1ncc(C=NCCCNCCCN=Cc2cnc(C)[nH]2)[nH]1. The number of hydrogen-bond acceptors (Lipinski definition) is 5. The van der Waals surface area contributed by atoms with Gasteiger partial charge >= 0.3 is 0 Å². The summed E-state index contributed by atoms with van der Waals surface area (Å²) in [7, 11) is 0. The molecule has 3 N–H and O–H groups in total. The van der Waals surface area contributed by atoms with Crippen LogP contribution in [0.15, 0.2) is 22.4 Å². The molecular weight excluding hydrogens is 290 g/mol. The minimum absolute atomic E-state index is 0.822. The van der Waals surface area contributed by atoms with Crippen molar-refractivity contribution < 1.29 is 0 Å². The maximum atomic E-state index is 4.37. The molecule has 0 aliphatic carbocycles. The fraction of sp³-hybridized carbons (Fsp3) is 0.500. The van der Waals surface area contributed by atoms with Crippen LogP contribution < -0.4 is 5.32 Å². The summed E-state index contributed by atoms with van der Waals surface area (Å²) in [4.78, 5) is 23.2. The van der Waals surface area contributed by atoms with Gasteiger partial charge in [0.2, 0.25) is 0 Å². The maximum absolute atomic E-state index is 4.37. The average molecular weight is 315 g/mol. The Morgan fingerprint density at radius 1 is 0.913 bits per heavy atom. The summed E-state index contributed by atoms with van der Waals surface area (Å²) >= 11 is 0. The zero-order chi connectivity index (χ0) is 16.3. The van der Waals surface area contributed by atoms with Gasteiger partial charge in [-0.25, -0.2) is 9.97 Å². The second-order valence-electron chi connectivity index (χ2n) is 5.38. The number of nitrogens with one attached hydrogen (secondary N) is 3. The Labute approximate surface area is 136 Å². The molecule has 2 aromatic heterocycles. The monoisotopic (exact) mass is 315 g/mol. The fourth-order valence-electron chi connectivity index (χ4n) is 2.05. The Hall–Kier alpha value is -2.28. The van der Waals surface area contributed by atoms with Gasteiger partial charge in [0, 0.05) is 25.5 Å². The van der Waals surface area contributed by atoms with Gasteiger partial charge in [-0.05, 0) is 39.8 Å². The van der Waals surface area contributed by atoms with Gasteiger partial charge in [0.25, 0.3) is 0 Å². The quantitative estimate of drug-likeness (QED) is 0.460. The third-order valence-corrected chi connectivity index (χ3v) is 3.19. The molecule has 2 heterocycles. The number of H-pyrrole nitrogens is 2. The topological polar surface area (TPSA) is 94.1 Å². The Morgan fingerprint density at radius 3 is 1.78 bits per heavy atom. The number of aryl methyl sites for hydroxylation is 2. The van der Waals surface area contributed by atoms with E-state index in [0.29, 0.717) is 0 Å². The highest BCUT2D eigenvalue weighted by atomic mass is 14.9. The van der Waals surface area contributed by atoms with Crippen molar-refractivity contribution in [2.24, 2.45) is 9.98 Å². The van der Waals surface area contributed by atoms with Gasteiger partial charge in [-0.15, -0.1) is 0 Å². The number of hydrogen-bond donors (Lipinski definition) is 3. The number of aromatic amines is 2. The second-order valence-corrected chi connectivity index (χ2v) is 5.38. The first-order valence-corrected chi connectivity index (χ1v) is 7.97. The van der Waals surface area contributed by atoms with Gasteiger partial charge < -0.3 is 15.3 Å². The lowest BCUT2D eigenvalue weighted by Crippen LogP contribution is -2.18. The largest absolute Gasteiger partial charge is 0.341 e. The third-order valence-electron chi connectivity index (χ3n) is 3.19. The van der Waals surface area contributed by atoms with E-state index in [4.69, 9.17) is 0 Å². The Balaban J connectivity index is 1.43. The van der Waals surface area contributed by atoms with E-state index in [0.717, 1.165) is 62.1 Å². The molecule has 0 aliphatic heterocycles. The lowest BCUT2D eigenvalue weighted by molar-refractivity contribution is 0.633. The summed E-state index contributed by atoms with van der Waals surface area (Å²) in [5.74, 6) is 1.83. The zero-order valence-electron chi connectivity index (χ0n) is 13.8. The third kappa shape index (κ3) is 7.01. The normalized spacial score (nSPS) is 11.9. The lowest BCUT2D eigenvalue weighted by Gasteiger charge is -2.01. The van der Waals surface area contributed by atoms with Gasteiger partial charge in [0.15, 0.2) is 0 Å². The molecule has 0 saturated heterocycles. The van der Waals surface area contributed by atoms with E-state index in [-0.39, 0.29) is 0 Å². The molecule has 0 aliphatic rings. The molecule has 0 bridgehead atoms. The van der Waals surface area contributed by atoms with Crippen molar-refractivity contribution in [2.75, 3.05) is 26.2 Å². The first-order chi connectivity index (χ1) is 11.2. The molecule has 124 valence electrons. The van der Waals surface area contributed by atoms with Crippen molar-refractivity contribution in [1.82, 2.24) is 25.3 Å². The summed E-state index contributed by atoms with van der Waals surface area (Å²) in [6.45, 7) is 7.46. The first kappa shape index (κ1) is 17.1. The molecule has 0 saturated carbocycles. The van der Waals surface area contributed by atoms with Crippen LogP contribution >= 0.6 is 0 Å². The fourth-order valence-corrected chi connectivity index (χ4v) is 2.05. The zero-order valence-corrected chi connectivity index (χ0v) is 13.8. The molecule has 2 aromatic rings. The van der Waals surface area contributed by atoms with Gasteiger partial charge in [-0.2, -0.15) is 0 Å². The highest BCUT2D eigenvalue weighted by molar-refractivity contribution is 5.76. The molecule has 23 heavy (non-hydrogen) atoms. The van der Waals surface area contributed by atoms with Crippen LogP contribution in [0.1, 0.15) is 35.9 Å². The number of aliphatic imine (C=N–C) groups is 2. The van der Waals surface area contributed by atoms with Crippen molar-refractivity contribution in [2.45, 2.75) is 26.7 Å². The highest BCUT2D eigenvalue weighted by Crippen LogP contribution is 1.93. The van der Waals surface area contributed by atoms with Gasteiger partial charge in [-0.3, -0.25) is 9.98 Å². The van der Waals surface area contributed by atoms with E-state index in [2.05, 4.69) is 35.2 Å². The van der Waals surface area contributed by atoms with Crippen molar-refractivity contribution >= 4 is 12.4 Å². The first-order valence-electron chi connectivity index (χ1n) is 7.97. The molecular formula is C16H25N7. The Bertz CT molecular complexity index is 570. The van der Waals surface area contributed by atoms with E-state index >= 15 is 0 Å². The van der Waals surface area contributed by atoms with Crippen LogP contribution in [0, 0.1) is 13.8 Å². The van der Waals surface area contributed by atoms with Crippen LogP contribution in [0.3, 0.4) is 0 Å². The van der Waals surface area contributed by atoms with Crippen LogP contribution in [-0.2, 0) is 0 Å². The van der Waals surface area contributed by atoms with Crippen LogP contribution in [0.5, 0.6) is 0 Å². The smallest absolute Gasteiger partial charge is 0.103 e. The van der Waals surface area contributed by atoms with Gasteiger partial charge in [0.1, 0.15) is 11.6 Å². The van der Waals surface area contributed by atoms with E-state index in [1.807, 2.05) is 26.3 Å². The number of nitrogens with zero attached hydrogens (tertiary/aromatic N) is 4. The summed E-state index contributed by atoms with van der Waals surface area (Å²) in [6, 6.07) is 0. The van der Waals surface area contributed by atoms with Crippen LogP contribution in [0.25, 0.3) is 0 Å². The van der Waals surface area contributed by atoms with Crippen molar-refractivity contribution in [3.05, 3.63) is 35.4 Å². The summed E-state index contributed by atoms with van der Waals surface area (Å²) in [6.07, 6.45) is 9.32. The van der Waals surface area contributed by atoms with Gasteiger partial charge in [-0.1, -0.05) is 0 Å². The molecule has 7 heteroatoms. The minimum Gasteiger partial charge on any atom is -0.341 e. The molecule has 2 rings (SSSR count). The van der Waals surface area contributed by atoms with Crippen LogP contribution in [0.4, 0.5) is 0 Å². The average Bonchev–Trinajstić information content (AvgIpc) is 3.13.